The number of likely N-dealkylation sites (tertiary alicyclic amines) is 2. The van der Waals surface area contributed by atoms with Crippen molar-refractivity contribution in [3.63, 3.8) is 0 Å². The molecule has 1 atom stereocenters. The number of ether oxygens (including phenoxy) is 2. The highest BCUT2D eigenvalue weighted by Gasteiger charge is 2.34. The van der Waals surface area contributed by atoms with Gasteiger partial charge in [-0.05, 0) is 69.2 Å². The van der Waals surface area contributed by atoms with Gasteiger partial charge in [-0.3, -0.25) is 9.69 Å². The normalized spacial score (nSPS) is 23.0. The summed E-state index contributed by atoms with van der Waals surface area (Å²) in [7, 11) is 1.53. The van der Waals surface area contributed by atoms with E-state index in [4.69, 9.17) is 32.7 Å². The molecular formula is C26H38Cl2N2O3. The van der Waals surface area contributed by atoms with Gasteiger partial charge in [-0.2, -0.15) is 0 Å². The number of methoxy groups -OCH3 is 1. The molecule has 1 aromatic carbocycles. The molecule has 1 aliphatic carbocycles. The second-order valence-corrected chi connectivity index (χ2v) is 10.9. The van der Waals surface area contributed by atoms with Crippen LogP contribution in [0.3, 0.4) is 0 Å². The molecule has 0 aromatic heterocycles. The Balaban J connectivity index is 1.19. The van der Waals surface area contributed by atoms with E-state index in [-0.39, 0.29) is 18.1 Å². The summed E-state index contributed by atoms with van der Waals surface area (Å²) in [6.07, 6.45) is 10.8. The van der Waals surface area contributed by atoms with Crippen LogP contribution in [0.2, 0.25) is 10.0 Å². The van der Waals surface area contributed by atoms with Gasteiger partial charge in [-0.1, -0.05) is 48.9 Å². The number of hydrogen-bond donors (Lipinski definition) is 0. The number of carbonyl (C=O) groups is 1. The van der Waals surface area contributed by atoms with Crippen molar-refractivity contribution >= 4 is 29.2 Å². The van der Waals surface area contributed by atoms with Crippen molar-refractivity contribution in [1.29, 1.82) is 0 Å². The fraction of sp³-hybridized carbons (Fsp3) is 0.731. The fourth-order valence-electron chi connectivity index (χ4n) is 5.86. The molecule has 7 heteroatoms. The molecule has 1 saturated carbocycles. The van der Waals surface area contributed by atoms with E-state index in [1.807, 2.05) is 6.07 Å². The lowest BCUT2D eigenvalue weighted by Gasteiger charge is -2.40. The summed E-state index contributed by atoms with van der Waals surface area (Å²) >= 11 is 12.1. The maximum Gasteiger partial charge on any atom is 0.323 e. The quantitative estimate of drug-likeness (QED) is 0.433. The zero-order valence-corrected chi connectivity index (χ0v) is 21.3. The molecule has 3 fully saturated rings. The van der Waals surface area contributed by atoms with Crippen LogP contribution in [0.15, 0.2) is 18.2 Å². The second kappa shape index (κ2) is 12.1. The Bertz CT molecular complexity index is 771. The van der Waals surface area contributed by atoms with Crippen LogP contribution < -0.4 is 4.74 Å². The van der Waals surface area contributed by atoms with Gasteiger partial charge in [0.2, 0.25) is 0 Å². The van der Waals surface area contributed by atoms with Crippen LogP contribution in [-0.4, -0.2) is 67.7 Å². The molecule has 0 bridgehead atoms. The summed E-state index contributed by atoms with van der Waals surface area (Å²) in [5.41, 5.74) is 0. The van der Waals surface area contributed by atoms with Crippen LogP contribution in [0.1, 0.15) is 57.8 Å². The van der Waals surface area contributed by atoms with Crippen molar-refractivity contribution in [3.05, 3.63) is 28.2 Å². The Hall–Kier alpha value is -1.01. The van der Waals surface area contributed by atoms with Gasteiger partial charge in [0.25, 0.3) is 0 Å². The van der Waals surface area contributed by atoms with Gasteiger partial charge in [0.1, 0.15) is 17.9 Å². The summed E-state index contributed by atoms with van der Waals surface area (Å²) in [6, 6.07) is 5.44. The lowest BCUT2D eigenvalue weighted by molar-refractivity contribution is -0.148. The van der Waals surface area contributed by atoms with E-state index in [0.29, 0.717) is 21.9 Å². The van der Waals surface area contributed by atoms with Crippen molar-refractivity contribution in [3.8, 4) is 5.75 Å². The summed E-state index contributed by atoms with van der Waals surface area (Å²) < 4.78 is 11.3. The smallest absolute Gasteiger partial charge is 0.323 e. The predicted molar refractivity (Wildman–Crippen MR) is 133 cm³/mol. The van der Waals surface area contributed by atoms with E-state index in [2.05, 4.69) is 9.80 Å². The van der Waals surface area contributed by atoms with Crippen LogP contribution in [0.5, 0.6) is 5.75 Å². The highest BCUT2D eigenvalue weighted by atomic mass is 35.5. The van der Waals surface area contributed by atoms with Gasteiger partial charge in [-0.15, -0.1) is 0 Å². The van der Waals surface area contributed by atoms with E-state index in [0.717, 1.165) is 70.6 Å². The van der Waals surface area contributed by atoms with E-state index < -0.39 is 0 Å². The molecule has 0 radical (unpaired) electrons. The first kappa shape index (κ1) is 25.1. The third-order valence-corrected chi connectivity index (χ3v) is 8.58. The summed E-state index contributed by atoms with van der Waals surface area (Å²) in [5, 5.41) is 1.09. The van der Waals surface area contributed by atoms with Crippen molar-refractivity contribution in [2.24, 2.45) is 11.8 Å². The van der Waals surface area contributed by atoms with Crippen molar-refractivity contribution in [1.82, 2.24) is 9.80 Å². The van der Waals surface area contributed by atoms with E-state index in [9.17, 15) is 4.79 Å². The van der Waals surface area contributed by atoms with Crippen LogP contribution in [0.4, 0.5) is 0 Å². The topological polar surface area (TPSA) is 42.0 Å². The van der Waals surface area contributed by atoms with Crippen molar-refractivity contribution in [2.45, 2.75) is 69.9 Å². The molecule has 2 aliphatic heterocycles. The zero-order valence-electron chi connectivity index (χ0n) is 19.8. The van der Waals surface area contributed by atoms with Crippen molar-refractivity contribution in [2.75, 3.05) is 39.8 Å². The number of rotatable bonds is 8. The largest absolute Gasteiger partial charge is 0.490 e. The van der Waals surface area contributed by atoms with Gasteiger partial charge in [-0.25, -0.2) is 0 Å². The molecule has 2 saturated heterocycles. The molecule has 0 N–H and O–H groups in total. The summed E-state index contributed by atoms with van der Waals surface area (Å²) in [4.78, 5) is 17.5. The highest BCUT2D eigenvalue weighted by Crippen LogP contribution is 2.32. The van der Waals surface area contributed by atoms with Crippen LogP contribution in [-0.2, 0) is 9.53 Å². The highest BCUT2D eigenvalue weighted by molar-refractivity contribution is 6.42. The molecule has 4 rings (SSSR count). The minimum Gasteiger partial charge on any atom is -0.490 e. The first-order valence-electron chi connectivity index (χ1n) is 12.7. The maximum atomic E-state index is 12.5. The standard InChI is InChI=1S/C26H38Cl2N2O3/c1-32-26(31)25(16-19-4-2-3-5-19)30-14-8-20(9-15-30)18-29-12-10-21(11-13-29)33-22-6-7-23(27)24(28)17-22/h6-7,17,19-21,25H,2-5,8-16,18H2,1H3/t25-/m0/s1. The van der Waals surface area contributed by atoms with Crippen molar-refractivity contribution < 1.29 is 14.3 Å². The fourth-order valence-corrected chi connectivity index (χ4v) is 6.14. The Kier molecular flexibility index (Phi) is 9.20. The third-order valence-electron chi connectivity index (χ3n) is 7.84. The second-order valence-electron chi connectivity index (χ2n) is 10.1. The van der Waals surface area contributed by atoms with Gasteiger partial charge < -0.3 is 14.4 Å². The Morgan fingerprint density at radius 2 is 1.67 bits per heavy atom. The predicted octanol–water partition coefficient (Wildman–Crippen LogP) is 5.67. The van der Waals surface area contributed by atoms with Crippen LogP contribution >= 0.6 is 23.2 Å². The number of piperidine rings is 2. The minimum absolute atomic E-state index is 0.0376. The monoisotopic (exact) mass is 496 g/mol. The SMILES string of the molecule is COC(=O)[C@H](CC1CCCC1)N1CCC(CN2CCC(Oc3ccc(Cl)c(Cl)c3)CC2)CC1. The minimum atomic E-state index is -0.0479. The molecular weight excluding hydrogens is 459 g/mol. The first-order valence-corrected chi connectivity index (χ1v) is 13.4. The molecule has 0 spiro atoms. The van der Waals surface area contributed by atoms with Crippen LogP contribution in [0.25, 0.3) is 0 Å². The average Bonchev–Trinajstić information content (AvgIpc) is 3.35. The first-order chi connectivity index (χ1) is 16.0. The number of esters is 1. The Morgan fingerprint density at radius 3 is 2.30 bits per heavy atom. The number of nitrogens with zero attached hydrogens (tertiary/aromatic N) is 2. The lowest BCUT2D eigenvalue weighted by atomic mass is 9.91. The summed E-state index contributed by atoms with van der Waals surface area (Å²) in [5.74, 6) is 2.16. The molecule has 33 heavy (non-hydrogen) atoms. The number of benzene rings is 1. The average molecular weight is 498 g/mol. The van der Waals surface area contributed by atoms with E-state index in [1.54, 1.807) is 12.1 Å². The number of carbonyl (C=O) groups excluding carboxylic acids is 1. The number of halogens is 2. The molecule has 5 nitrogen and oxygen atoms in total. The zero-order chi connectivity index (χ0) is 23.2. The third kappa shape index (κ3) is 7.00. The van der Waals surface area contributed by atoms with Gasteiger partial charge >= 0.3 is 5.97 Å². The Morgan fingerprint density at radius 1 is 0.970 bits per heavy atom. The molecule has 2 heterocycles. The maximum absolute atomic E-state index is 12.5. The van der Waals surface area contributed by atoms with Crippen LogP contribution in [0, 0.1) is 11.8 Å². The molecule has 184 valence electrons. The lowest BCUT2D eigenvalue weighted by Crippen LogP contribution is -2.49. The molecule has 0 unspecified atom stereocenters. The Labute approximate surface area is 208 Å². The van der Waals surface area contributed by atoms with Gasteiger partial charge in [0.05, 0.1) is 17.2 Å². The van der Waals surface area contributed by atoms with E-state index >= 15 is 0 Å². The molecule has 3 aliphatic rings. The molecule has 0 amide bonds. The summed E-state index contributed by atoms with van der Waals surface area (Å²) in [6.45, 7) is 5.30. The molecule has 1 aromatic rings. The van der Waals surface area contributed by atoms with Gasteiger partial charge in [0, 0.05) is 25.7 Å². The van der Waals surface area contributed by atoms with Gasteiger partial charge in [0.15, 0.2) is 0 Å². The number of hydrogen-bond acceptors (Lipinski definition) is 5. The van der Waals surface area contributed by atoms with E-state index in [1.165, 1.54) is 32.8 Å².